The second-order valence-corrected chi connectivity index (χ2v) is 5.06. The molecule has 1 aromatic rings. The zero-order valence-electron chi connectivity index (χ0n) is 9.06. The van der Waals surface area contributed by atoms with Crippen molar-refractivity contribution in [3.8, 4) is 0 Å². The summed E-state index contributed by atoms with van der Waals surface area (Å²) < 4.78 is 26.2. The zero-order valence-corrected chi connectivity index (χ0v) is 9.81. The van der Waals surface area contributed by atoms with E-state index in [1.54, 1.807) is 0 Å². The molecule has 0 heterocycles. The molecular formula is C13H15ClF2. The fourth-order valence-electron chi connectivity index (χ4n) is 2.36. The lowest BCUT2D eigenvalue weighted by Gasteiger charge is -2.27. The lowest BCUT2D eigenvalue weighted by atomic mass is 9.84. The number of rotatable bonds is 2. The van der Waals surface area contributed by atoms with E-state index >= 15 is 0 Å². The second kappa shape index (κ2) is 5.13. The molecule has 16 heavy (non-hydrogen) atoms. The Hall–Kier alpha value is -0.630. The van der Waals surface area contributed by atoms with Crippen molar-refractivity contribution in [3.63, 3.8) is 0 Å². The minimum absolute atomic E-state index is 0.137. The number of hydrogen-bond acceptors (Lipinski definition) is 0. The maximum atomic E-state index is 13.4. The van der Waals surface area contributed by atoms with E-state index in [0.717, 1.165) is 31.7 Å². The van der Waals surface area contributed by atoms with Crippen molar-refractivity contribution in [3.05, 3.63) is 35.4 Å². The minimum atomic E-state index is -0.521. The third-order valence-corrected chi connectivity index (χ3v) is 3.89. The Labute approximate surface area is 99.6 Å². The van der Waals surface area contributed by atoms with Gasteiger partial charge < -0.3 is 0 Å². The monoisotopic (exact) mass is 244 g/mol. The highest BCUT2D eigenvalue weighted by molar-refractivity contribution is 6.20. The summed E-state index contributed by atoms with van der Waals surface area (Å²) in [4.78, 5) is 0. The standard InChI is InChI=1S/C13H15ClF2/c14-12-4-2-1-3-9(12)7-10-5-6-11(15)8-13(10)16/h5-6,8-9,12H,1-4,7H2. The molecular weight excluding hydrogens is 230 g/mol. The van der Waals surface area contributed by atoms with Crippen LogP contribution in [0, 0.1) is 17.6 Å². The van der Waals surface area contributed by atoms with E-state index in [-0.39, 0.29) is 5.38 Å². The van der Waals surface area contributed by atoms with Gasteiger partial charge in [-0.25, -0.2) is 8.78 Å². The second-order valence-electron chi connectivity index (χ2n) is 4.50. The molecule has 0 radical (unpaired) electrons. The smallest absolute Gasteiger partial charge is 0.129 e. The van der Waals surface area contributed by atoms with E-state index in [9.17, 15) is 8.78 Å². The van der Waals surface area contributed by atoms with Gasteiger partial charge in [0.25, 0.3) is 0 Å². The molecule has 0 N–H and O–H groups in total. The van der Waals surface area contributed by atoms with E-state index in [0.29, 0.717) is 17.9 Å². The highest BCUT2D eigenvalue weighted by Gasteiger charge is 2.24. The average molecular weight is 245 g/mol. The van der Waals surface area contributed by atoms with Gasteiger partial charge in [0.05, 0.1) is 0 Å². The van der Waals surface area contributed by atoms with E-state index < -0.39 is 11.6 Å². The molecule has 0 aromatic heterocycles. The van der Waals surface area contributed by atoms with Crippen LogP contribution in [0.1, 0.15) is 31.2 Å². The molecule has 2 atom stereocenters. The van der Waals surface area contributed by atoms with E-state index in [4.69, 9.17) is 11.6 Å². The topological polar surface area (TPSA) is 0 Å². The molecule has 2 rings (SSSR count). The van der Waals surface area contributed by atoms with Crippen molar-refractivity contribution in [1.29, 1.82) is 0 Å². The Morgan fingerprint density at radius 1 is 1.19 bits per heavy atom. The molecule has 0 saturated heterocycles. The van der Waals surface area contributed by atoms with Crippen LogP contribution in [0.25, 0.3) is 0 Å². The first-order valence-corrected chi connectivity index (χ1v) is 6.18. The molecule has 0 spiro atoms. The number of halogens is 3. The van der Waals surface area contributed by atoms with E-state index in [1.165, 1.54) is 12.1 Å². The van der Waals surface area contributed by atoms with Crippen molar-refractivity contribution in [1.82, 2.24) is 0 Å². The molecule has 0 amide bonds. The predicted octanol–water partition coefficient (Wildman–Crippen LogP) is 4.30. The summed E-state index contributed by atoms with van der Waals surface area (Å²) in [6.45, 7) is 0. The molecule has 0 nitrogen and oxygen atoms in total. The van der Waals surface area contributed by atoms with Gasteiger partial charge in [-0.3, -0.25) is 0 Å². The average Bonchev–Trinajstić information content (AvgIpc) is 2.25. The van der Waals surface area contributed by atoms with Crippen molar-refractivity contribution in [2.45, 2.75) is 37.5 Å². The molecule has 88 valence electrons. The zero-order chi connectivity index (χ0) is 11.5. The van der Waals surface area contributed by atoms with Crippen molar-refractivity contribution in [2.24, 2.45) is 5.92 Å². The predicted molar refractivity (Wildman–Crippen MR) is 61.7 cm³/mol. The van der Waals surface area contributed by atoms with Crippen LogP contribution >= 0.6 is 11.6 Å². The lowest BCUT2D eigenvalue weighted by molar-refractivity contribution is 0.359. The van der Waals surface area contributed by atoms with Gasteiger partial charge in [0, 0.05) is 11.4 Å². The Balaban J connectivity index is 2.07. The molecule has 0 aliphatic heterocycles. The van der Waals surface area contributed by atoms with Crippen LogP contribution in [0.3, 0.4) is 0 Å². The summed E-state index contributed by atoms with van der Waals surface area (Å²) in [6, 6.07) is 3.79. The molecule has 1 aromatic carbocycles. The Morgan fingerprint density at radius 3 is 2.62 bits per heavy atom. The van der Waals surface area contributed by atoms with Crippen molar-refractivity contribution < 1.29 is 8.78 Å². The van der Waals surface area contributed by atoms with Gasteiger partial charge in [-0.05, 0) is 36.8 Å². The van der Waals surface area contributed by atoms with Crippen LogP contribution in [0.2, 0.25) is 0 Å². The van der Waals surface area contributed by atoms with E-state index in [1.807, 2.05) is 0 Å². The van der Waals surface area contributed by atoms with Gasteiger partial charge >= 0.3 is 0 Å². The van der Waals surface area contributed by atoms with Gasteiger partial charge in [0.1, 0.15) is 11.6 Å². The van der Waals surface area contributed by atoms with Crippen LogP contribution in [-0.2, 0) is 6.42 Å². The van der Waals surface area contributed by atoms with Gasteiger partial charge in [-0.1, -0.05) is 18.9 Å². The van der Waals surface area contributed by atoms with Gasteiger partial charge in [0.2, 0.25) is 0 Å². The van der Waals surface area contributed by atoms with Crippen molar-refractivity contribution in [2.75, 3.05) is 0 Å². The summed E-state index contributed by atoms with van der Waals surface area (Å²) >= 11 is 6.22. The summed E-state index contributed by atoms with van der Waals surface area (Å²) in [5, 5.41) is 0.137. The highest BCUT2D eigenvalue weighted by atomic mass is 35.5. The Kier molecular flexibility index (Phi) is 3.80. The van der Waals surface area contributed by atoms with Crippen molar-refractivity contribution >= 4 is 11.6 Å². The Bertz CT molecular complexity index is 365. The van der Waals surface area contributed by atoms with Gasteiger partial charge in [-0.2, -0.15) is 0 Å². The van der Waals surface area contributed by atoms with Crippen LogP contribution in [0.5, 0.6) is 0 Å². The fraction of sp³-hybridized carbons (Fsp3) is 0.538. The first kappa shape index (κ1) is 11.8. The summed E-state index contributed by atoms with van der Waals surface area (Å²) in [5.41, 5.74) is 0.582. The number of hydrogen-bond donors (Lipinski definition) is 0. The highest BCUT2D eigenvalue weighted by Crippen LogP contribution is 2.31. The fourth-order valence-corrected chi connectivity index (χ4v) is 2.73. The quantitative estimate of drug-likeness (QED) is 0.681. The minimum Gasteiger partial charge on any atom is -0.207 e. The molecule has 0 bridgehead atoms. The van der Waals surface area contributed by atoms with Gasteiger partial charge in [-0.15, -0.1) is 11.6 Å². The Morgan fingerprint density at radius 2 is 1.94 bits per heavy atom. The summed E-state index contributed by atoms with van der Waals surface area (Å²) in [7, 11) is 0. The number of benzene rings is 1. The third kappa shape index (κ3) is 2.73. The largest absolute Gasteiger partial charge is 0.207 e. The van der Waals surface area contributed by atoms with Crippen LogP contribution in [-0.4, -0.2) is 5.38 Å². The summed E-state index contributed by atoms with van der Waals surface area (Å²) in [6.07, 6.45) is 5.01. The lowest BCUT2D eigenvalue weighted by Crippen LogP contribution is -2.22. The van der Waals surface area contributed by atoms with Crippen LogP contribution in [0.15, 0.2) is 18.2 Å². The maximum absolute atomic E-state index is 13.4. The molecule has 1 aliphatic carbocycles. The van der Waals surface area contributed by atoms with Gasteiger partial charge in [0.15, 0.2) is 0 Å². The SMILES string of the molecule is Fc1ccc(CC2CCCCC2Cl)c(F)c1. The van der Waals surface area contributed by atoms with E-state index in [2.05, 4.69) is 0 Å². The third-order valence-electron chi connectivity index (χ3n) is 3.31. The van der Waals surface area contributed by atoms with Crippen LogP contribution < -0.4 is 0 Å². The molecule has 2 unspecified atom stereocenters. The van der Waals surface area contributed by atoms with Crippen LogP contribution in [0.4, 0.5) is 8.78 Å². The molecule has 3 heteroatoms. The first-order chi connectivity index (χ1) is 7.66. The number of alkyl halides is 1. The molecule has 1 aliphatic rings. The summed E-state index contributed by atoms with van der Waals surface area (Å²) in [5.74, 6) is -0.642. The molecule has 1 saturated carbocycles. The molecule has 1 fully saturated rings. The first-order valence-electron chi connectivity index (χ1n) is 5.75. The maximum Gasteiger partial charge on any atom is 0.129 e. The normalized spacial score (nSPS) is 25.7.